The Bertz CT molecular complexity index is 528. The number of rotatable bonds is 4. The van der Waals surface area contributed by atoms with Crippen molar-refractivity contribution in [2.24, 2.45) is 5.73 Å². The van der Waals surface area contributed by atoms with E-state index in [0.717, 1.165) is 22.6 Å². The molecule has 0 aliphatic rings. The molecule has 0 saturated heterocycles. The summed E-state index contributed by atoms with van der Waals surface area (Å²) in [5.74, 6) is 0.678. The Hall–Kier alpha value is -1.65. The fourth-order valence-electron chi connectivity index (χ4n) is 1.49. The zero-order chi connectivity index (χ0) is 13.0. The van der Waals surface area contributed by atoms with Crippen molar-refractivity contribution in [2.45, 2.75) is 19.9 Å². The predicted molar refractivity (Wildman–Crippen MR) is 70.8 cm³/mol. The molecule has 0 saturated carbocycles. The number of aryl methyl sites for hydroxylation is 1. The van der Waals surface area contributed by atoms with Gasteiger partial charge >= 0.3 is 6.01 Å². The van der Waals surface area contributed by atoms with Crippen molar-refractivity contribution in [3.05, 3.63) is 46.7 Å². The number of ether oxygens (including phenoxy) is 1. The first-order chi connectivity index (χ1) is 8.72. The van der Waals surface area contributed by atoms with Gasteiger partial charge in [0, 0.05) is 29.5 Å². The Morgan fingerprint density at radius 2 is 2.00 bits per heavy atom. The van der Waals surface area contributed by atoms with E-state index in [0.29, 0.717) is 18.3 Å². The summed E-state index contributed by atoms with van der Waals surface area (Å²) < 4.78 is 5.55. The highest BCUT2D eigenvalue weighted by Crippen LogP contribution is 2.24. The highest BCUT2D eigenvalue weighted by atomic mass is 35.5. The number of hydrogen-bond acceptors (Lipinski definition) is 4. The molecule has 0 aliphatic carbocycles. The van der Waals surface area contributed by atoms with Crippen LogP contribution in [0.5, 0.6) is 11.8 Å². The van der Waals surface area contributed by atoms with Crippen LogP contribution < -0.4 is 10.5 Å². The lowest BCUT2D eigenvalue weighted by Crippen LogP contribution is -1.99. The Balaban J connectivity index is 2.17. The molecule has 0 amide bonds. The summed E-state index contributed by atoms with van der Waals surface area (Å²) in [4.78, 5) is 8.15. The first kappa shape index (κ1) is 12.8. The molecule has 2 aromatic rings. The minimum Gasteiger partial charge on any atom is -0.424 e. The van der Waals surface area contributed by atoms with Crippen LogP contribution in [0.4, 0.5) is 0 Å². The molecule has 4 nitrogen and oxygen atoms in total. The summed E-state index contributed by atoms with van der Waals surface area (Å²) in [5, 5.41) is 0.740. The molecular weight excluding hydrogens is 250 g/mol. The Labute approximate surface area is 111 Å². The summed E-state index contributed by atoms with van der Waals surface area (Å²) in [6, 6.07) is 5.80. The van der Waals surface area contributed by atoms with Crippen LogP contribution in [0.1, 0.15) is 18.1 Å². The molecule has 1 heterocycles. The lowest BCUT2D eigenvalue weighted by atomic mass is 10.1. The largest absolute Gasteiger partial charge is 0.424 e. The van der Waals surface area contributed by atoms with E-state index in [-0.39, 0.29) is 0 Å². The van der Waals surface area contributed by atoms with Crippen molar-refractivity contribution >= 4 is 11.6 Å². The average molecular weight is 264 g/mol. The maximum Gasteiger partial charge on any atom is 0.321 e. The third-order valence-corrected chi connectivity index (χ3v) is 2.89. The van der Waals surface area contributed by atoms with Crippen molar-refractivity contribution in [2.75, 3.05) is 0 Å². The van der Waals surface area contributed by atoms with Gasteiger partial charge in [-0.1, -0.05) is 18.5 Å². The molecule has 1 aromatic heterocycles. The molecule has 0 atom stereocenters. The highest BCUT2D eigenvalue weighted by molar-refractivity contribution is 6.31. The normalized spacial score (nSPS) is 10.4. The number of hydrogen-bond donors (Lipinski definition) is 1. The van der Waals surface area contributed by atoms with Crippen molar-refractivity contribution < 1.29 is 4.74 Å². The standard InChI is InChI=1S/C13H14ClN3O/c1-2-10-5-11(3-4-12(10)14)18-13-16-7-9(6-15)8-17-13/h3-5,7-8H,2,6,15H2,1H3. The Morgan fingerprint density at radius 1 is 1.28 bits per heavy atom. The van der Waals surface area contributed by atoms with Gasteiger partial charge in [0.15, 0.2) is 0 Å². The summed E-state index contributed by atoms with van der Waals surface area (Å²) in [6.07, 6.45) is 4.15. The van der Waals surface area contributed by atoms with Gasteiger partial charge in [-0.05, 0) is 30.2 Å². The molecule has 0 fully saturated rings. The van der Waals surface area contributed by atoms with Crippen LogP contribution in [0, 0.1) is 0 Å². The summed E-state index contributed by atoms with van der Waals surface area (Å²) in [6.45, 7) is 2.46. The monoisotopic (exact) mass is 263 g/mol. The van der Waals surface area contributed by atoms with Crippen LogP contribution in [0.2, 0.25) is 5.02 Å². The van der Waals surface area contributed by atoms with Crippen LogP contribution in [-0.4, -0.2) is 9.97 Å². The van der Waals surface area contributed by atoms with Crippen LogP contribution in [0.25, 0.3) is 0 Å². The molecule has 18 heavy (non-hydrogen) atoms. The zero-order valence-electron chi connectivity index (χ0n) is 10.1. The van der Waals surface area contributed by atoms with Crippen LogP contribution in [-0.2, 0) is 13.0 Å². The Morgan fingerprint density at radius 3 is 2.61 bits per heavy atom. The van der Waals surface area contributed by atoms with Gasteiger partial charge in [-0.2, -0.15) is 0 Å². The second-order valence-electron chi connectivity index (χ2n) is 3.79. The van der Waals surface area contributed by atoms with E-state index >= 15 is 0 Å². The summed E-state index contributed by atoms with van der Waals surface area (Å²) in [7, 11) is 0. The van der Waals surface area contributed by atoms with Gasteiger partial charge < -0.3 is 10.5 Å². The van der Waals surface area contributed by atoms with Crippen molar-refractivity contribution in [1.29, 1.82) is 0 Å². The molecule has 1 aromatic carbocycles. The van der Waals surface area contributed by atoms with Gasteiger partial charge in [0.25, 0.3) is 0 Å². The van der Waals surface area contributed by atoms with Gasteiger partial charge in [0.1, 0.15) is 5.75 Å². The maximum absolute atomic E-state index is 6.04. The Kier molecular flexibility index (Phi) is 4.12. The minimum atomic E-state index is 0.302. The van der Waals surface area contributed by atoms with E-state index in [1.807, 2.05) is 19.1 Å². The maximum atomic E-state index is 6.04. The molecule has 2 rings (SSSR count). The topological polar surface area (TPSA) is 61.0 Å². The van der Waals surface area contributed by atoms with Gasteiger partial charge in [0.05, 0.1) is 0 Å². The van der Waals surface area contributed by atoms with Crippen molar-refractivity contribution in [3.8, 4) is 11.8 Å². The molecule has 94 valence electrons. The molecule has 0 aliphatic heterocycles. The summed E-state index contributed by atoms with van der Waals surface area (Å²) in [5.41, 5.74) is 7.37. The van der Waals surface area contributed by atoms with E-state index in [2.05, 4.69) is 9.97 Å². The fourth-order valence-corrected chi connectivity index (χ4v) is 1.74. The van der Waals surface area contributed by atoms with Crippen molar-refractivity contribution in [3.63, 3.8) is 0 Å². The fraction of sp³-hybridized carbons (Fsp3) is 0.231. The average Bonchev–Trinajstić information content (AvgIpc) is 2.42. The first-order valence-electron chi connectivity index (χ1n) is 5.70. The number of nitrogens with two attached hydrogens (primary N) is 1. The third-order valence-electron chi connectivity index (χ3n) is 2.52. The molecule has 0 radical (unpaired) electrons. The van der Waals surface area contributed by atoms with E-state index in [9.17, 15) is 0 Å². The smallest absolute Gasteiger partial charge is 0.321 e. The van der Waals surface area contributed by atoms with E-state index in [1.54, 1.807) is 18.5 Å². The van der Waals surface area contributed by atoms with Crippen molar-refractivity contribution in [1.82, 2.24) is 9.97 Å². The SMILES string of the molecule is CCc1cc(Oc2ncc(CN)cn2)ccc1Cl. The zero-order valence-corrected chi connectivity index (χ0v) is 10.8. The number of benzene rings is 1. The van der Waals surface area contributed by atoms with E-state index < -0.39 is 0 Å². The molecule has 0 unspecified atom stereocenters. The lowest BCUT2D eigenvalue weighted by Gasteiger charge is -2.07. The van der Waals surface area contributed by atoms with Gasteiger partial charge in [-0.3, -0.25) is 0 Å². The number of aromatic nitrogens is 2. The molecule has 0 bridgehead atoms. The minimum absolute atomic E-state index is 0.302. The van der Waals surface area contributed by atoms with Crippen LogP contribution in [0.3, 0.4) is 0 Å². The quantitative estimate of drug-likeness (QED) is 0.921. The molecule has 0 spiro atoms. The number of halogens is 1. The predicted octanol–water partition coefficient (Wildman–Crippen LogP) is 2.94. The second kappa shape index (κ2) is 5.80. The summed E-state index contributed by atoms with van der Waals surface area (Å²) >= 11 is 6.04. The van der Waals surface area contributed by atoms with Gasteiger partial charge in [0.2, 0.25) is 0 Å². The number of nitrogens with zero attached hydrogens (tertiary/aromatic N) is 2. The van der Waals surface area contributed by atoms with Crippen LogP contribution in [0.15, 0.2) is 30.6 Å². The highest BCUT2D eigenvalue weighted by Gasteiger charge is 2.04. The van der Waals surface area contributed by atoms with Crippen LogP contribution >= 0.6 is 11.6 Å². The van der Waals surface area contributed by atoms with E-state index in [4.69, 9.17) is 22.1 Å². The van der Waals surface area contributed by atoms with Gasteiger partial charge in [-0.15, -0.1) is 0 Å². The van der Waals surface area contributed by atoms with E-state index in [1.165, 1.54) is 0 Å². The molecule has 2 N–H and O–H groups in total. The van der Waals surface area contributed by atoms with Gasteiger partial charge in [-0.25, -0.2) is 9.97 Å². The lowest BCUT2D eigenvalue weighted by molar-refractivity contribution is 0.440. The first-order valence-corrected chi connectivity index (χ1v) is 6.08. The second-order valence-corrected chi connectivity index (χ2v) is 4.19. The third kappa shape index (κ3) is 2.97. The molecular formula is C13H14ClN3O. The molecule has 5 heteroatoms.